The van der Waals surface area contributed by atoms with Crippen molar-refractivity contribution in [1.29, 1.82) is 5.26 Å². The summed E-state index contributed by atoms with van der Waals surface area (Å²) in [5, 5.41) is 17.8. The first-order chi connectivity index (χ1) is 42.9. The third kappa shape index (κ3) is 14.3. The van der Waals surface area contributed by atoms with Gasteiger partial charge < -0.3 is 20.4 Å². The van der Waals surface area contributed by atoms with Gasteiger partial charge >= 0.3 is 0 Å². The van der Waals surface area contributed by atoms with Gasteiger partial charge in [-0.2, -0.15) is 5.26 Å². The summed E-state index contributed by atoms with van der Waals surface area (Å²) in [6.45, 7) is 13.1. The van der Waals surface area contributed by atoms with E-state index in [9.17, 15) is 23.5 Å². The van der Waals surface area contributed by atoms with E-state index in [1.54, 1.807) is 34.3 Å². The van der Waals surface area contributed by atoms with E-state index in [1.165, 1.54) is 36.9 Å². The molecule has 0 amide bonds. The lowest BCUT2D eigenvalue weighted by molar-refractivity contribution is -0.0907. The average Bonchev–Trinajstić information content (AvgIpc) is 1.75. The van der Waals surface area contributed by atoms with E-state index < -0.39 is 63.5 Å². The molecule has 16 bridgehead atoms. The van der Waals surface area contributed by atoms with Gasteiger partial charge in [0.05, 0.1) is 33.9 Å². The molecule has 8 aliphatic rings. The Kier molecular flexibility index (Phi) is 21.0. The van der Waals surface area contributed by atoms with Gasteiger partial charge in [-0.3, -0.25) is 22.9 Å². The number of nitriles is 1. The third-order valence-corrected chi connectivity index (χ3v) is 21.2. The first-order valence-corrected chi connectivity index (χ1v) is 34.2. The lowest BCUT2D eigenvalue weighted by atomic mass is 9.84. The fourth-order valence-electron chi connectivity index (χ4n) is 14.1. The molecule has 0 radical (unpaired) electrons. The van der Waals surface area contributed by atoms with E-state index in [-0.39, 0.29) is 46.8 Å². The Morgan fingerprint density at radius 3 is 1.84 bits per heavy atom. The summed E-state index contributed by atoms with van der Waals surface area (Å²) in [5.41, 5.74) is 1.19. The highest BCUT2D eigenvalue weighted by Crippen LogP contribution is 2.48. The van der Waals surface area contributed by atoms with Crippen LogP contribution in [0.2, 0.25) is 0 Å². The topological polar surface area (TPSA) is 167 Å². The number of hydrogen-bond donors (Lipinski definition) is 2. The molecule has 14 nitrogen and oxygen atoms in total. The van der Waals surface area contributed by atoms with Crippen LogP contribution in [0.3, 0.4) is 0 Å². The van der Waals surface area contributed by atoms with Gasteiger partial charge in [-0.15, -0.1) is 0 Å². The van der Waals surface area contributed by atoms with Crippen molar-refractivity contribution in [1.82, 2.24) is 38.9 Å². The van der Waals surface area contributed by atoms with Crippen molar-refractivity contribution in [3.8, 4) is 6.07 Å². The van der Waals surface area contributed by atoms with Gasteiger partial charge in [-0.05, 0) is 154 Å². The smallest absolute Gasteiger partial charge is 0.278 e. The molecule has 3 saturated heterocycles. The summed E-state index contributed by atoms with van der Waals surface area (Å²) >= 11 is 0. The number of nitrogens with one attached hydrogen (secondary N) is 2. The van der Waals surface area contributed by atoms with Crippen molar-refractivity contribution in [3.05, 3.63) is 127 Å². The second-order valence-corrected chi connectivity index (χ2v) is 27.2. The van der Waals surface area contributed by atoms with Crippen molar-refractivity contribution in [2.75, 3.05) is 54.9 Å². The molecule has 1 aliphatic carbocycles. The molecule has 480 valence electrons. The number of alkyl halides is 5. The minimum absolute atomic E-state index is 0.00489. The summed E-state index contributed by atoms with van der Waals surface area (Å²) in [7, 11) is -0.859. The number of aryl methyl sites for hydroxylation is 2. The zero-order valence-electron chi connectivity index (χ0n) is 52.2. The van der Waals surface area contributed by atoms with Gasteiger partial charge in [-0.25, -0.2) is 46.3 Å². The second kappa shape index (κ2) is 28.5. The zero-order valence-corrected chi connectivity index (χ0v) is 53.0. The van der Waals surface area contributed by atoms with Crippen LogP contribution in [0, 0.1) is 29.0 Å². The predicted octanol–water partition coefficient (Wildman–Crippen LogP) is 14.1. The molecule has 4 atom stereocenters. The molecule has 2 unspecified atom stereocenters. The van der Waals surface area contributed by atoms with Crippen LogP contribution in [0.5, 0.6) is 0 Å². The average molecular weight is 1250 g/mol. The van der Waals surface area contributed by atoms with Crippen molar-refractivity contribution < 1.29 is 30.6 Å². The van der Waals surface area contributed by atoms with E-state index in [4.69, 9.17) is 0 Å². The minimum Gasteiger partial charge on any atom is -0.363 e. The normalized spacial score (nSPS) is 28.0. The molecule has 2 aromatic carbocycles. The number of benzene rings is 2. The number of hydrogen-bond acceptors (Lipinski definition) is 12. The highest BCUT2D eigenvalue weighted by molar-refractivity contribution is 7.85. The largest absolute Gasteiger partial charge is 0.363 e. The van der Waals surface area contributed by atoms with Crippen LogP contribution in [0.4, 0.5) is 38.0 Å². The van der Waals surface area contributed by atoms with Crippen LogP contribution in [-0.4, -0.2) is 99.5 Å². The number of rotatable bonds is 2. The van der Waals surface area contributed by atoms with Gasteiger partial charge in [0, 0.05) is 88.1 Å². The van der Waals surface area contributed by atoms with Gasteiger partial charge in [-0.1, -0.05) is 82.3 Å². The summed E-state index contributed by atoms with van der Waals surface area (Å²) in [4.78, 5) is 49.8. The number of nitrogens with zero attached hydrogens (tertiary/aromatic N) is 9. The van der Waals surface area contributed by atoms with Crippen LogP contribution in [0.1, 0.15) is 195 Å². The molecule has 0 spiro atoms. The fraction of sp³-hybridized carbons (Fsp3) is 0.603. The Morgan fingerprint density at radius 2 is 1.19 bits per heavy atom. The highest BCUT2D eigenvalue weighted by Gasteiger charge is 2.49. The van der Waals surface area contributed by atoms with Crippen LogP contribution < -0.4 is 21.8 Å². The Balaban J connectivity index is 0.000000191. The molecule has 89 heavy (non-hydrogen) atoms. The molecule has 4 fully saturated rings. The van der Waals surface area contributed by atoms with E-state index in [0.717, 1.165) is 38.5 Å². The maximum atomic E-state index is 15.9. The number of pyridine rings is 2. The molecule has 11 heterocycles. The monoisotopic (exact) mass is 1250 g/mol. The molecule has 14 rings (SSSR count). The summed E-state index contributed by atoms with van der Waals surface area (Å²) in [6, 6.07) is 16.0. The summed E-state index contributed by atoms with van der Waals surface area (Å²) in [5.74, 6) is -6.88. The Bertz CT molecular complexity index is 3620. The summed E-state index contributed by atoms with van der Waals surface area (Å²) < 4.78 is 110. The molecule has 4 aromatic heterocycles. The second-order valence-electron chi connectivity index (χ2n) is 25.5. The predicted molar refractivity (Wildman–Crippen MR) is 339 cm³/mol. The molecular weight excluding hydrogens is 1160 g/mol. The quantitative estimate of drug-likeness (QED) is 0.158. The Labute approximate surface area is 521 Å². The maximum Gasteiger partial charge on any atom is 0.278 e. The van der Waals surface area contributed by atoms with Crippen molar-refractivity contribution in [2.24, 2.45) is 11.8 Å². The molecule has 7 aliphatic heterocycles. The molecule has 2 N–H and O–H groups in total. The standard InChI is InChI=1S/C33H39F3N6O.C33H42F3N5O2S.C2H6/c1-21-8-5-3-4-6-15-42-30-25(18-27(31(42)43)32(19-37)13-14-32)29(38-20-39-30)40-22(2)24-9-7-10-26(28(24)34)33(35,36)23-11-16-41(21)17-12-23;1-22-24-6-5-7-26(18-24)33(35,36)25-9-14-40(15-10-25)20-27(34)8-3-2-4-13-41-31-29(30(39-22)37-21-38-31)19-28(32(41)42)23-11-16-44(43)17-12-23;1-2/h7,9-10,18,20-23H,3-6,8,11-17H2,1-2H3,(H,38,39,40);5-7,18-19,21-23,25,27H,2-4,8-17,20H2,1H3,(H,37,38,39);1-2H3/t21?,22-;22-,23?,27?,44?;/m11./s1. The minimum atomic E-state index is -3.30. The molecular formula is C68H87F6N11O3S. The zero-order chi connectivity index (χ0) is 63.2. The Morgan fingerprint density at radius 1 is 0.618 bits per heavy atom. The van der Waals surface area contributed by atoms with Crippen LogP contribution in [-0.2, 0) is 41.1 Å². The number of halogens is 6. The van der Waals surface area contributed by atoms with Gasteiger partial charge in [0.1, 0.15) is 47.6 Å². The van der Waals surface area contributed by atoms with E-state index in [0.29, 0.717) is 172 Å². The number of anilines is 2. The third-order valence-electron chi connectivity index (χ3n) is 19.8. The first kappa shape index (κ1) is 65.7. The van der Waals surface area contributed by atoms with Gasteiger partial charge in [0.2, 0.25) is 0 Å². The fourth-order valence-corrected chi connectivity index (χ4v) is 15.4. The lowest BCUT2D eigenvalue weighted by Crippen LogP contribution is -2.43. The van der Waals surface area contributed by atoms with Gasteiger partial charge in [0.25, 0.3) is 23.0 Å². The number of fused-ring (bicyclic) bond motifs is 18. The molecule has 6 aromatic rings. The summed E-state index contributed by atoms with van der Waals surface area (Å²) in [6.07, 6.45) is 12.9. The first-order valence-electron chi connectivity index (χ1n) is 32.7. The SMILES string of the molecule is CC.CC1CCCCCCn2c(=O)c(C3(C#N)CC3)cc3c(ncnc32)N[C@H](C)c2cccc(c2F)C(F)(F)C2CCN1CC2.C[C@H]1Nc2ncnc3c2cc(C2CCS(=O)CC2)c(=O)n3CCCCCC(F)CN2CCC(CC2)C(F)(F)c2cccc1c2. The molecule has 1 saturated carbocycles. The van der Waals surface area contributed by atoms with Crippen molar-refractivity contribution in [2.45, 2.75) is 204 Å². The van der Waals surface area contributed by atoms with Crippen LogP contribution >= 0.6 is 0 Å². The van der Waals surface area contributed by atoms with Crippen LogP contribution in [0.15, 0.2) is 76.8 Å². The van der Waals surface area contributed by atoms with E-state index >= 15 is 22.0 Å². The van der Waals surface area contributed by atoms with Crippen LogP contribution in [0.25, 0.3) is 22.1 Å². The van der Waals surface area contributed by atoms with Gasteiger partial charge in [0.15, 0.2) is 0 Å². The van der Waals surface area contributed by atoms with Crippen molar-refractivity contribution in [3.63, 3.8) is 0 Å². The van der Waals surface area contributed by atoms with E-state index in [1.807, 2.05) is 37.8 Å². The molecule has 21 heteroatoms. The number of aromatic nitrogens is 6. The number of piperidine rings is 2. The highest BCUT2D eigenvalue weighted by atomic mass is 32.2. The Hall–Kier alpha value is -6.24. The lowest BCUT2D eigenvalue weighted by Gasteiger charge is -2.39. The van der Waals surface area contributed by atoms with Crippen molar-refractivity contribution >= 4 is 44.5 Å². The van der Waals surface area contributed by atoms with E-state index in [2.05, 4.69) is 48.5 Å². The maximum absolute atomic E-state index is 15.9.